The van der Waals surface area contributed by atoms with Gasteiger partial charge in [-0.15, -0.1) is 0 Å². The molecule has 1 N–H and O–H groups in total. The van der Waals surface area contributed by atoms with Crippen LogP contribution in [0, 0.1) is 0 Å². The molecule has 0 saturated carbocycles. The molecular formula is C18H13Cl2F3N2O. The summed E-state index contributed by atoms with van der Waals surface area (Å²) in [5, 5.41) is 3.79. The number of carbonyl (C=O) groups is 1. The second kappa shape index (κ2) is 6.15. The van der Waals surface area contributed by atoms with Crippen molar-refractivity contribution in [3.8, 4) is 11.1 Å². The molecule has 2 heterocycles. The van der Waals surface area contributed by atoms with Crippen molar-refractivity contribution in [3.63, 3.8) is 0 Å². The zero-order valence-corrected chi connectivity index (χ0v) is 14.8. The lowest BCUT2D eigenvalue weighted by Crippen LogP contribution is -2.44. The van der Waals surface area contributed by atoms with Crippen molar-refractivity contribution in [1.29, 1.82) is 0 Å². The van der Waals surface area contributed by atoms with E-state index in [4.69, 9.17) is 23.2 Å². The number of rotatable bonds is 1. The molecule has 0 aromatic heterocycles. The minimum absolute atomic E-state index is 0.250. The number of alkyl halides is 3. The SMILES string of the molecule is O=C1c2c(cc(-c3ccc(Cl)cc3Cl)cc2C(F)(F)F)[C@@H]2CNCCN12. The van der Waals surface area contributed by atoms with Gasteiger partial charge in [-0.05, 0) is 35.4 Å². The molecule has 4 rings (SSSR count). The van der Waals surface area contributed by atoms with Crippen LogP contribution < -0.4 is 5.32 Å². The van der Waals surface area contributed by atoms with Gasteiger partial charge in [-0.2, -0.15) is 13.2 Å². The standard InChI is InChI=1S/C18H13Cl2F3N2O/c19-10-1-2-11(14(20)7-10)9-5-12-15-8-24-3-4-25(15)17(26)16(12)13(6-9)18(21,22)23/h1-2,5-7,15,24H,3-4,8H2/t15-/m0/s1. The highest BCUT2D eigenvalue weighted by Gasteiger charge is 2.45. The topological polar surface area (TPSA) is 32.3 Å². The van der Waals surface area contributed by atoms with Crippen molar-refractivity contribution in [2.75, 3.05) is 19.6 Å². The number of nitrogens with one attached hydrogen (secondary N) is 1. The summed E-state index contributed by atoms with van der Waals surface area (Å²) in [4.78, 5) is 14.1. The first-order chi connectivity index (χ1) is 12.3. The Morgan fingerprint density at radius 3 is 2.62 bits per heavy atom. The fourth-order valence-corrected chi connectivity index (χ4v) is 4.16. The Morgan fingerprint density at radius 2 is 1.92 bits per heavy atom. The van der Waals surface area contributed by atoms with Crippen LogP contribution in [0.5, 0.6) is 0 Å². The summed E-state index contributed by atoms with van der Waals surface area (Å²) >= 11 is 12.1. The molecule has 2 aromatic carbocycles. The van der Waals surface area contributed by atoms with Crippen LogP contribution in [-0.4, -0.2) is 30.4 Å². The number of hydrogen-bond acceptors (Lipinski definition) is 2. The zero-order valence-electron chi connectivity index (χ0n) is 13.3. The predicted octanol–water partition coefficient (Wildman–Crippen LogP) is 4.78. The van der Waals surface area contributed by atoms with Gasteiger partial charge in [-0.1, -0.05) is 29.3 Å². The van der Waals surface area contributed by atoms with E-state index in [2.05, 4.69) is 5.32 Å². The minimum Gasteiger partial charge on any atom is -0.329 e. The van der Waals surface area contributed by atoms with E-state index in [0.29, 0.717) is 41.3 Å². The molecule has 0 bridgehead atoms. The number of halogens is 5. The van der Waals surface area contributed by atoms with Gasteiger partial charge in [0.25, 0.3) is 5.91 Å². The molecule has 2 aliphatic heterocycles. The molecule has 1 saturated heterocycles. The lowest BCUT2D eigenvalue weighted by molar-refractivity contribution is -0.137. The number of piperazine rings is 1. The Kier molecular flexibility index (Phi) is 4.17. The van der Waals surface area contributed by atoms with Gasteiger partial charge >= 0.3 is 6.18 Å². The summed E-state index contributed by atoms with van der Waals surface area (Å²) in [5.74, 6) is -0.562. The smallest absolute Gasteiger partial charge is 0.329 e. The summed E-state index contributed by atoms with van der Waals surface area (Å²) in [6, 6.07) is 6.87. The van der Waals surface area contributed by atoms with Gasteiger partial charge in [-0.25, -0.2) is 0 Å². The molecule has 2 aliphatic rings. The number of hydrogen-bond donors (Lipinski definition) is 1. The summed E-state index contributed by atoms with van der Waals surface area (Å²) in [5.41, 5.74) is -0.0227. The van der Waals surface area contributed by atoms with E-state index in [1.54, 1.807) is 18.2 Å². The monoisotopic (exact) mass is 400 g/mol. The highest BCUT2D eigenvalue weighted by molar-refractivity contribution is 6.36. The van der Waals surface area contributed by atoms with Gasteiger partial charge in [0.05, 0.1) is 17.2 Å². The Morgan fingerprint density at radius 1 is 1.15 bits per heavy atom. The highest BCUT2D eigenvalue weighted by atomic mass is 35.5. The molecule has 136 valence electrons. The van der Waals surface area contributed by atoms with Crippen LogP contribution in [-0.2, 0) is 6.18 Å². The second-order valence-electron chi connectivity index (χ2n) is 6.33. The maximum absolute atomic E-state index is 13.7. The lowest BCUT2D eigenvalue weighted by atomic mass is 9.92. The van der Waals surface area contributed by atoms with Gasteiger partial charge < -0.3 is 10.2 Å². The van der Waals surface area contributed by atoms with E-state index in [1.807, 2.05) is 0 Å². The maximum atomic E-state index is 13.7. The van der Waals surface area contributed by atoms with Crippen LogP contribution in [0.4, 0.5) is 13.2 Å². The quantitative estimate of drug-likeness (QED) is 0.746. The van der Waals surface area contributed by atoms with Gasteiger partial charge in [0.15, 0.2) is 0 Å². The van der Waals surface area contributed by atoms with Crippen LogP contribution in [0.15, 0.2) is 30.3 Å². The lowest BCUT2D eigenvalue weighted by Gasteiger charge is -2.30. The molecule has 3 nitrogen and oxygen atoms in total. The number of fused-ring (bicyclic) bond motifs is 3. The highest BCUT2D eigenvalue weighted by Crippen LogP contribution is 2.45. The number of benzene rings is 2. The Labute approximate surface area is 157 Å². The summed E-state index contributed by atoms with van der Waals surface area (Å²) in [7, 11) is 0. The molecule has 2 aromatic rings. The van der Waals surface area contributed by atoms with E-state index in [9.17, 15) is 18.0 Å². The molecular weight excluding hydrogens is 388 g/mol. The third-order valence-corrected chi connectivity index (χ3v) is 5.34. The average Bonchev–Trinajstić information content (AvgIpc) is 2.87. The van der Waals surface area contributed by atoms with E-state index in [0.717, 1.165) is 6.07 Å². The molecule has 1 fully saturated rings. The van der Waals surface area contributed by atoms with Crippen LogP contribution >= 0.6 is 23.2 Å². The summed E-state index contributed by atoms with van der Waals surface area (Å²) in [6.07, 6.45) is -4.64. The van der Waals surface area contributed by atoms with Crippen LogP contribution in [0.25, 0.3) is 11.1 Å². The first-order valence-corrected chi connectivity index (χ1v) is 8.75. The van der Waals surface area contributed by atoms with Gasteiger partial charge in [-0.3, -0.25) is 4.79 Å². The largest absolute Gasteiger partial charge is 0.417 e. The summed E-state index contributed by atoms with van der Waals surface area (Å²) in [6.45, 7) is 1.37. The Balaban J connectivity index is 1.96. The minimum atomic E-state index is -4.64. The van der Waals surface area contributed by atoms with Crippen molar-refractivity contribution >= 4 is 29.1 Å². The van der Waals surface area contributed by atoms with Gasteiger partial charge in [0, 0.05) is 35.2 Å². The normalized spacial score (nSPS) is 19.5. The number of carbonyl (C=O) groups excluding carboxylic acids is 1. The predicted molar refractivity (Wildman–Crippen MR) is 93.5 cm³/mol. The van der Waals surface area contributed by atoms with E-state index >= 15 is 0 Å². The molecule has 1 amide bonds. The van der Waals surface area contributed by atoms with Gasteiger partial charge in [0.2, 0.25) is 0 Å². The molecule has 0 spiro atoms. The van der Waals surface area contributed by atoms with Crippen molar-refractivity contribution in [2.24, 2.45) is 0 Å². The van der Waals surface area contributed by atoms with Crippen molar-refractivity contribution in [2.45, 2.75) is 12.2 Å². The van der Waals surface area contributed by atoms with Crippen LogP contribution in [0.1, 0.15) is 27.5 Å². The number of nitrogens with zero attached hydrogens (tertiary/aromatic N) is 1. The Bertz CT molecular complexity index is 914. The van der Waals surface area contributed by atoms with E-state index in [-0.39, 0.29) is 10.6 Å². The zero-order chi connectivity index (χ0) is 18.6. The number of amides is 1. The van der Waals surface area contributed by atoms with Crippen molar-refractivity contribution in [3.05, 3.63) is 57.1 Å². The molecule has 26 heavy (non-hydrogen) atoms. The first kappa shape index (κ1) is 17.6. The first-order valence-electron chi connectivity index (χ1n) is 7.99. The molecule has 0 radical (unpaired) electrons. The van der Waals surface area contributed by atoms with E-state index in [1.165, 1.54) is 11.0 Å². The third kappa shape index (κ3) is 2.76. The third-order valence-electron chi connectivity index (χ3n) is 4.79. The fourth-order valence-electron chi connectivity index (χ4n) is 3.64. The average molecular weight is 401 g/mol. The maximum Gasteiger partial charge on any atom is 0.417 e. The summed E-state index contributed by atoms with van der Waals surface area (Å²) < 4.78 is 41.1. The second-order valence-corrected chi connectivity index (χ2v) is 7.17. The molecule has 1 atom stereocenters. The Hall–Kier alpha value is -1.76. The van der Waals surface area contributed by atoms with Crippen LogP contribution in [0.3, 0.4) is 0 Å². The molecule has 8 heteroatoms. The van der Waals surface area contributed by atoms with Crippen LogP contribution in [0.2, 0.25) is 10.0 Å². The van der Waals surface area contributed by atoms with Crippen molar-refractivity contribution < 1.29 is 18.0 Å². The van der Waals surface area contributed by atoms with E-state index < -0.39 is 23.7 Å². The van der Waals surface area contributed by atoms with Gasteiger partial charge in [0.1, 0.15) is 0 Å². The van der Waals surface area contributed by atoms with Crippen molar-refractivity contribution in [1.82, 2.24) is 10.2 Å². The molecule has 0 unspecified atom stereocenters. The molecule has 0 aliphatic carbocycles. The fraction of sp³-hybridized carbons (Fsp3) is 0.278.